The maximum Gasteiger partial charge on any atom is 0.265 e. The average molecular weight is 426 g/mol. The number of likely N-dealkylation sites (N-methyl/N-ethyl adjacent to an activating group) is 1. The van der Waals surface area contributed by atoms with Gasteiger partial charge in [-0.3, -0.25) is 24.6 Å². The molecule has 0 unspecified atom stereocenters. The van der Waals surface area contributed by atoms with Crippen LogP contribution in [0.25, 0.3) is 17.0 Å². The first-order valence-electron chi connectivity index (χ1n) is 9.82. The van der Waals surface area contributed by atoms with Crippen LogP contribution in [-0.2, 0) is 25.7 Å². The van der Waals surface area contributed by atoms with E-state index in [0.717, 1.165) is 10.9 Å². The molecule has 0 bridgehead atoms. The number of nitrogens with zero attached hydrogens (tertiary/aromatic N) is 3. The zero-order valence-electron chi connectivity index (χ0n) is 16.6. The predicted octanol–water partition coefficient (Wildman–Crippen LogP) is 1.15. The van der Waals surface area contributed by atoms with Crippen molar-refractivity contribution in [1.29, 1.82) is 0 Å². The third-order valence-electron chi connectivity index (χ3n) is 5.29. The van der Waals surface area contributed by atoms with Crippen LogP contribution in [0.4, 0.5) is 0 Å². The number of ether oxygens (including phenoxy) is 1. The zero-order chi connectivity index (χ0) is 21.3. The highest BCUT2D eigenvalue weighted by Gasteiger charge is 2.32. The molecule has 8 nitrogen and oxygen atoms in total. The molecule has 0 spiro atoms. The van der Waals surface area contributed by atoms with E-state index in [0.29, 0.717) is 38.4 Å². The number of rotatable bonds is 4. The Kier molecular flexibility index (Phi) is 5.65. The number of carbonyl (C=O) groups is 3. The molecular formula is C21H22N4O4S. The summed E-state index contributed by atoms with van der Waals surface area (Å²) in [7, 11) is 0. The van der Waals surface area contributed by atoms with Gasteiger partial charge in [-0.2, -0.15) is 0 Å². The number of aromatic nitrogens is 1. The van der Waals surface area contributed by atoms with E-state index in [1.165, 1.54) is 4.90 Å². The highest BCUT2D eigenvalue weighted by atomic mass is 32.1. The van der Waals surface area contributed by atoms with E-state index in [-0.39, 0.29) is 23.1 Å². The van der Waals surface area contributed by atoms with Crippen molar-refractivity contribution in [2.24, 2.45) is 0 Å². The molecule has 30 heavy (non-hydrogen) atoms. The van der Waals surface area contributed by atoms with Gasteiger partial charge in [0, 0.05) is 42.3 Å². The van der Waals surface area contributed by atoms with Crippen LogP contribution in [0.2, 0.25) is 0 Å². The van der Waals surface area contributed by atoms with Gasteiger partial charge in [0.05, 0.1) is 13.2 Å². The lowest BCUT2D eigenvalue weighted by Gasteiger charge is -2.27. The van der Waals surface area contributed by atoms with Gasteiger partial charge in [-0.1, -0.05) is 18.2 Å². The topological polar surface area (TPSA) is 83.9 Å². The van der Waals surface area contributed by atoms with Crippen LogP contribution >= 0.6 is 12.2 Å². The maximum absolute atomic E-state index is 12.7. The van der Waals surface area contributed by atoms with Gasteiger partial charge < -0.3 is 14.2 Å². The molecule has 3 heterocycles. The molecule has 0 saturated carbocycles. The van der Waals surface area contributed by atoms with Crippen LogP contribution in [0.1, 0.15) is 12.5 Å². The number of hydrogen-bond acceptors (Lipinski definition) is 5. The second kappa shape index (κ2) is 8.37. The molecule has 156 valence electrons. The maximum atomic E-state index is 12.7. The summed E-state index contributed by atoms with van der Waals surface area (Å²) in [5, 5.41) is 3.53. The highest BCUT2D eigenvalue weighted by Crippen LogP contribution is 2.25. The van der Waals surface area contributed by atoms with E-state index < -0.39 is 11.8 Å². The smallest absolute Gasteiger partial charge is 0.265 e. The van der Waals surface area contributed by atoms with Crippen molar-refractivity contribution in [3.8, 4) is 0 Å². The van der Waals surface area contributed by atoms with Crippen LogP contribution < -0.4 is 5.32 Å². The summed E-state index contributed by atoms with van der Waals surface area (Å²) in [5.41, 5.74) is 1.58. The Morgan fingerprint density at radius 2 is 1.97 bits per heavy atom. The Morgan fingerprint density at radius 3 is 2.70 bits per heavy atom. The average Bonchev–Trinajstić information content (AvgIpc) is 3.09. The second-order valence-electron chi connectivity index (χ2n) is 7.09. The van der Waals surface area contributed by atoms with Gasteiger partial charge in [-0.05, 0) is 31.3 Å². The number of para-hydroxylation sites is 1. The Hall–Kier alpha value is -3.04. The molecule has 0 radical (unpaired) electrons. The quantitative estimate of drug-likeness (QED) is 0.451. The van der Waals surface area contributed by atoms with Crippen molar-refractivity contribution in [1.82, 2.24) is 19.7 Å². The van der Waals surface area contributed by atoms with Crippen LogP contribution in [-0.4, -0.2) is 70.0 Å². The van der Waals surface area contributed by atoms with E-state index in [4.69, 9.17) is 17.0 Å². The fourth-order valence-electron chi connectivity index (χ4n) is 3.72. The molecule has 1 N–H and O–H groups in total. The number of nitrogens with one attached hydrogen (secondary N) is 1. The minimum absolute atomic E-state index is 0.00671. The summed E-state index contributed by atoms with van der Waals surface area (Å²) in [5.74, 6) is -0.935. The summed E-state index contributed by atoms with van der Waals surface area (Å²) in [4.78, 5) is 41.0. The zero-order valence-corrected chi connectivity index (χ0v) is 17.4. The number of benzene rings is 1. The van der Waals surface area contributed by atoms with Crippen LogP contribution in [0.15, 0.2) is 36.0 Å². The van der Waals surface area contributed by atoms with Crippen molar-refractivity contribution < 1.29 is 19.1 Å². The molecule has 9 heteroatoms. The molecule has 0 aliphatic carbocycles. The SMILES string of the molecule is CCN1C(=O)C(=Cc2cn(CC(=O)N3CCOCC3)c3ccccc23)C(=O)NC1=S. The summed E-state index contributed by atoms with van der Waals surface area (Å²) >= 11 is 5.08. The summed E-state index contributed by atoms with van der Waals surface area (Å²) < 4.78 is 7.17. The van der Waals surface area contributed by atoms with Crippen molar-refractivity contribution in [3.63, 3.8) is 0 Å². The van der Waals surface area contributed by atoms with E-state index in [9.17, 15) is 14.4 Å². The van der Waals surface area contributed by atoms with Gasteiger partial charge in [-0.25, -0.2) is 0 Å². The summed E-state index contributed by atoms with van der Waals surface area (Å²) in [6.07, 6.45) is 3.37. The van der Waals surface area contributed by atoms with Gasteiger partial charge in [0.2, 0.25) is 5.91 Å². The third-order valence-corrected chi connectivity index (χ3v) is 5.61. The van der Waals surface area contributed by atoms with E-state index in [1.807, 2.05) is 28.8 Å². The Morgan fingerprint density at radius 1 is 1.23 bits per heavy atom. The fraction of sp³-hybridized carbons (Fsp3) is 0.333. The molecule has 2 fully saturated rings. The standard InChI is InChI=1S/C21H22N4O4S/c1-2-25-20(28)16(19(27)22-21(25)30)11-14-12-24(17-6-4-3-5-15(14)17)13-18(26)23-7-9-29-10-8-23/h3-6,11-12H,2,7-10,13H2,1H3,(H,22,27,30). The van der Waals surface area contributed by atoms with E-state index in [1.54, 1.807) is 24.1 Å². The molecule has 3 amide bonds. The third kappa shape index (κ3) is 3.73. The molecule has 0 atom stereocenters. The van der Waals surface area contributed by atoms with Crippen LogP contribution in [0, 0.1) is 0 Å². The summed E-state index contributed by atoms with van der Waals surface area (Å²) in [6, 6.07) is 7.60. The molecule has 2 aromatic rings. The minimum Gasteiger partial charge on any atom is -0.378 e. The lowest BCUT2D eigenvalue weighted by atomic mass is 10.1. The summed E-state index contributed by atoms with van der Waals surface area (Å²) in [6.45, 7) is 4.58. The Bertz CT molecular complexity index is 1070. The number of fused-ring (bicyclic) bond motifs is 1. The van der Waals surface area contributed by atoms with E-state index in [2.05, 4.69) is 5.32 Å². The lowest BCUT2D eigenvalue weighted by Crippen LogP contribution is -2.53. The largest absolute Gasteiger partial charge is 0.378 e. The first kappa shape index (κ1) is 20.2. The lowest BCUT2D eigenvalue weighted by molar-refractivity contribution is -0.135. The fourth-order valence-corrected chi connectivity index (χ4v) is 4.02. The highest BCUT2D eigenvalue weighted by molar-refractivity contribution is 7.80. The van der Waals surface area contributed by atoms with Gasteiger partial charge in [0.1, 0.15) is 12.1 Å². The van der Waals surface area contributed by atoms with Gasteiger partial charge in [-0.15, -0.1) is 0 Å². The molecule has 2 aliphatic heterocycles. The van der Waals surface area contributed by atoms with E-state index >= 15 is 0 Å². The normalized spacial score (nSPS) is 19.0. The predicted molar refractivity (Wildman–Crippen MR) is 115 cm³/mol. The monoisotopic (exact) mass is 426 g/mol. The van der Waals surface area contributed by atoms with Gasteiger partial charge in [0.15, 0.2) is 5.11 Å². The molecule has 2 saturated heterocycles. The molecule has 1 aromatic heterocycles. The second-order valence-corrected chi connectivity index (χ2v) is 7.48. The molecular weight excluding hydrogens is 404 g/mol. The van der Waals surface area contributed by atoms with Crippen molar-refractivity contribution in [2.45, 2.75) is 13.5 Å². The van der Waals surface area contributed by atoms with Gasteiger partial charge >= 0.3 is 0 Å². The van der Waals surface area contributed by atoms with Crippen molar-refractivity contribution >= 4 is 52.0 Å². The van der Waals surface area contributed by atoms with Crippen LogP contribution in [0.3, 0.4) is 0 Å². The van der Waals surface area contributed by atoms with Crippen molar-refractivity contribution in [3.05, 3.63) is 41.6 Å². The Labute approximate surface area is 179 Å². The number of thiocarbonyl (C=S) groups is 1. The molecule has 1 aromatic carbocycles. The number of carbonyl (C=O) groups excluding carboxylic acids is 3. The van der Waals surface area contributed by atoms with Gasteiger partial charge in [0.25, 0.3) is 11.8 Å². The first-order valence-corrected chi connectivity index (χ1v) is 10.2. The molecule has 2 aliphatic rings. The van der Waals surface area contributed by atoms with Crippen LogP contribution in [0.5, 0.6) is 0 Å². The minimum atomic E-state index is -0.518. The Balaban J connectivity index is 1.69. The van der Waals surface area contributed by atoms with Crippen molar-refractivity contribution in [2.75, 3.05) is 32.8 Å². The molecule has 4 rings (SSSR count). The first-order chi connectivity index (χ1) is 14.5. The number of hydrogen-bond donors (Lipinski definition) is 1. The number of morpholine rings is 1. The number of amides is 3.